The maximum atomic E-state index is 13.1. The fourth-order valence-corrected chi connectivity index (χ4v) is 1.16. The highest BCUT2D eigenvalue weighted by Gasteiger charge is 2.10. The van der Waals surface area contributed by atoms with Crippen LogP contribution in [0.4, 0.5) is 4.39 Å². The van der Waals surface area contributed by atoms with Gasteiger partial charge in [-0.2, -0.15) is 0 Å². The highest BCUT2D eigenvalue weighted by Crippen LogP contribution is 2.14. The van der Waals surface area contributed by atoms with Crippen LogP contribution in [-0.4, -0.2) is 19.4 Å². The number of halogens is 1. The van der Waals surface area contributed by atoms with E-state index >= 15 is 0 Å². The molecule has 0 aliphatic heterocycles. The molecule has 0 aromatic carbocycles. The van der Waals surface area contributed by atoms with Crippen molar-refractivity contribution in [1.29, 1.82) is 0 Å². The lowest BCUT2D eigenvalue weighted by molar-refractivity contribution is 0.0985. The molecule has 2 unspecified atom stereocenters. The van der Waals surface area contributed by atoms with Crippen LogP contribution in [0.3, 0.4) is 0 Å². The molecule has 0 aliphatic rings. The second kappa shape index (κ2) is 6.41. The fourth-order valence-electron chi connectivity index (χ4n) is 1.16. The van der Waals surface area contributed by atoms with Crippen LogP contribution in [0.2, 0.25) is 0 Å². The largest absolute Gasteiger partial charge is 0.382 e. The van der Waals surface area contributed by atoms with Crippen LogP contribution in [0.1, 0.15) is 40.0 Å². The van der Waals surface area contributed by atoms with Gasteiger partial charge in [0.05, 0.1) is 6.10 Å². The molecule has 2 atom stereocenters. The van der Waals surface area contributed by atoms with Crippen LogP contribution >= 0.6 is 0 Å². The molecule has 0 saturated heterocycles. The van der Waals surface area contributed by atoms with E-state index in [1.807, 2.05) is 20.8 Å². The van der Waals surface area contributed by atoms with Crippen molar-refractivity contribution in [3.63, 3.8) is 0 Å². The highest BCUT2D eigenvalue weighted by molar-refractivity contribution is 4.61. The van der Waals surface area contributed by atoms with E-state index in [9.17, 15) is 4.39 Å². The zero-order valence-electron chi connectivity index (χ0n) is 8.64. The Kier molecular flexibility index (Phi) is 6.35. The third kappa shape index (κ3) is 6.59. The summed E-state index contributed by atoms with van der Waals surface area (Å²) in [5.74, 6) is 0.456. The van der Waals surface area contributed by atoms with Crippen molar-refractivity contribution < 1.29 is 9.13 Å². The molecule has 0 radical (unpaired) electrons. The van der Waals surface area contributed by atoms with Crippen molar-refractivity contribution in [3.05, 3.63) is 0 Å². The summed E-state index contributed by atoms with van der Waals surface area (Å²) in [6, 6.07) is 0. The Balaban J connectivity index is 3.36. The quantitative estimate of drug-likeness (QED) is 0.604. The zero-order chi connectivity index (χ0) is 9.56. The molecule has 0 aromatic rings. The molecular formula is C10H21FO. The van der Waals surface area contributed by atoms with Gasteiger partial charge in [-0.25, -0.2) is 4.39 Å². The van der Waals surface area contributed by atoms with E-state index in [-0.39, 0.29) is 6.10 Å². The summed E-state index contributed by atoms with van der Waals surface area (Å²) in [7, 11) is 1.67. The third-order valence-electron chi connectivity index (χ3n) is 2.02. The van der Waals surface area contributed by atoms with Gasteiger partial charge in [-0.1, -0.05) is 13.8 Å². The number of ether oxygens (including phenoxy) is 1. The lowest BCUT2D eigenvalue weighted by Crippen LogP contribution is -2.10. The topological polar surface area (TPSA) is 9.23 Å². The van der Waals surface area contributed by atoms with Gasteiger partial charge in [-0.3, -0.25) is 0 Å². The Bertz CT molecular complexity index is 104. The average Bonchev–Trinajstić information content (AvgIpc) is 1.99. The van der Waals surface area contributed by atoms with Gasteiger partial charge in [0.15, 0.2) is 0 Å². The number of rotatable bonds is 6. The zero-order valence-corrected chi connectivity index (χ0v) is 8.64. The summed E-state index contributed by atoms with van der Waals surface area (Å²) < 4.78 is 18.1. The number of alkyl halides is 1. The van der Waals surface area contributed by atoms with E-state index in [0.717, 1.165) is 6.42 Å². The third-order valence-corrected chi connectivity index (χ3v) is 2.02. The molecule has 0 amide bonds. The number of hydrogen-bond acceptors (Lipinski definition) is 1. The van der Waals surface area contributed by atoms with Crippen LogP contribution in [0, 0.1) is 5.92 Å². The molecule has 0 saturated carbocycles. The first-order chi connectivity index (χ1) is 5.56. The molecule has 0 aromatic heterocycles. The minimum atomic E-state index is -0.650. The van der Waals surface area contributed by atoms with Gasteiger partial charge in [0.2, 0.25) is 0 Å². The minimum absolute atomic E-state index is 0.190. The fraction of sp³-hybridized carbons (Fsp3) is 1.00. The molecule has 0 spiro atoms. The van der Waals surface area contributed by atoms with Crippen molar-refractivity contribution in [2.45, 2.75) is 52.3 Å². The Morgan fingerprint density at radius 1 is 1.17 bits per heavy atom. The van der Waals surface area contributed by atoms with Gasteiger partial charge in [0, 0.05) is 7.11 Å². The van der Waals surface area contributed by atoms with Gasteiger partial charge >= 0.3 is 0 Å². The van der Waals surface area contributed by atoms with Crippen LogP contribution in [0.5, 0.6) is 0 Å². The number of methoxy groups -OCH3 is 1. The first-order valence-corrected chi connectivity index (χ1v) is 4.73. The summed E-state index contributed by atoms with van der Waals surface area (Å²) in [5.41, 5.74) is 0. The smallest absolute Gasteiger partial charge is 0.100 e. The van der Waals surface area contributed by atoms with Gasteiger partial charge in [-0.05, 0) is 32.1 Å². The molecule has 0 aliphatic carbocycles. The van der Waals surface area contributed by atoms with Crippen LogP contribution < -0.4 is 0 Å². The van der Waals surface area contributed by atoms with Gasteiger partial charge in [-0.15, -0.1) is 0 Å². The van der Waals surface area contributed by atoms with E-state index in [0.29, 0.717) is 18.8 Å². The van der Waals surface area contributed by atoms with Gasteiger partial charge < -0.3 is 4.74 Å². The lowest BCUT2D eigenvalue weighted by atomic mass is 10.0. The van der Waals surface area contributed by atoms with Crippen molar-refractivity contribution >= 4 is 0 Å². The standard InChI is InChI=1S/C10H21FO/c1-8(2)7-10(11)6-5-9(3)12-4/h8-10H,5-7H2,1-4H3. The maximum absolute atomic E-state index is 13.1. The second-order valence-electron chi connectivity index (χ2n) is 3.85. The highest BCUT2D eigenvalue weighted by atomic mass is 19.1. The Morgan fingerprint density at radius 2 is 1.75 bits per heavy atom. The van der Waals surface area contributed by atoms with E-state index in [2.05, 4.69) is 0 Å². The van der Waals surface area contributed by atoms with Crippen LogP contribution in [-0.2, 0) is 4.74 Å². The van der Waals surface area contributed by atoms with Crippen molar-refractivity contribution in [3.8, 4) is 0 Å². The van der Waals surface area contributed by atoms with Crippen molar-refractivity contribution in [2.75, 3.05) is 7.11 Å². The summed E-state index contributed by atoms with van der Waals surface area (Å²) >= 11 is 0. The predicted octanol–water partition coefficient (Wildman–Crippen LogP) is 3.19. The average molecular weight is 176 g/mol. The van der Waals surface area contributed by atoms with Crippen LogP contribution in [0.15, 0.2) is 0 Å². The molecule has 74 valence electrons. The molecule has 0 fully saturated rings. The molecule has 1 nitrogen and oxygen atoms in total. The minimum Gasteiger partial charge on any atom is -0.382 e. The summed E-state index contributed by atoms with van der Waals surface area (Å²) in [6.45, 7) is 6.07. The molecule has 0 rings (SSSR count). The second-order valence-corrected chi connectivity index (χ2v) is 3.85. The van der Waals surface area contributed by atoms with Crippen LogP contribution in [0.25, 0.3) is 0 Å². The molecule has 0 N–H and O–H groups in total. The van der Waals surface area contributed by atoms with Crippen molar-refractivity contribution in [1.82, 2.24) is 0 Å². The van der Waals surface area contributed by atoms with E-state index in [1.54, 1.807) is 7.11 Å². The molecule has 0 bridgehead atoms. The molecule has 2 heteroatoms. The first-order valence-electron chi connectivity index (χ1n) is 4.73. The summed E-state index contributed by atoms with van der Waals surface area (Å²) in [6.07, 6.45) is 1.67. The Labute approximate surface area is 75.3 Å². The maximum Gasteiger partial charge on any atom is 0.100 e. The van der Waals surface area contributed by atoms with E-state index in [4.69, 9.17) is 4.74 Å². The monoisotopic (exact) mass is 176 g/mol. The van der Waals surface area contributed by atoms with E-state index < -0.39 is 6.17 Å². The summed E-state index contributed by atoms with van der Waals surface area (Å²) in [4.78, 5) is 0. The summed E-state index contributed by atoms with van der Waals surface area (Å²) in [5, 5.41) is 0. The predicted molar refractivity (Wildman–Crippen MR) is 50.1 cm³/mol. The Morgan fingerprint density at radius 3 is 2.17 bits per heavy atom. The first kappa shape index (κ1) is 11.9. The molecular weight excluding hydrogens is 155 g/mol. The van der Waals surface area contributed by atoms with Gasteiger partial charge in [0.25, 0.3) is 0 Å². The molecule has 12 heavy (non-hydrogen) atoms. The number of hydrogen-bond donors (Lipinski definition) is 0. The van der Waals surface area contributed by atoms with Crippen molar-refractivity contribution in [2.24, 2.45) is 5.92 Å². The lowest BCUT2D eigenvalue weighted by Gasteiger charge is -2.13. The molecule has 0 heterocycles. The SMILES string of the molecule is COC(C)CCC(F)CC(C)C. The normalized spacial score (nSPS) is 16.5. The van der Waals surface area contributed by atoms with Gasteiger partial charge in [0.1, 0.15) is 6.17 Å². The van der Waals surface area contributed by atoms with E-state index in [1.165, 1.54) is 0 Å². The Hall–Kier alpha value is -0.110.